The lowest BCUT2D eigenvalue weighted by Crippen LogP contribution is -2.78. The number of piperidine rings is 1. The number of ether oxygens (including phenoxy) is 3. The third kappa shape index (κ3) is 3.46. The van der Waals surface area contributed by atoms with Gasteiger partial charge in [0.15, 0.2) is 11.5 Å². The van der Waals surface area contributed by atoms with Crippen LogP contribution in [0.5, 0.6) is 11.5 Å². The summed E-state index contributed by atoms with van der Waals surface area (Å²) in [7, 11) is 5.64. The molecular formula is C28H31BrN2O5S. The molecule has 1 aromatic heterocycles. The summed E-state index contributed by atoms with van der Waals surface area (Å²) in [5.74, 6) is 1.09. The molecule has 2 aliphatic carbocycles. The van der Waals surface area contributed by atoms with Gasteiger partial charge in [0.1, 0.15) is 11.7 Å². The summed E-state index contributed by atoms with van der Waals surface area (Å²) in [4.78, 5) is 31.2. The lowest BCUT2D eigenvalue weighted by Gasteiger charge is -2.65. The number of nitrogens with zero attached hydrogens (tertiary/aromatic N) is 2. The molecule has 196 valence electrons. The van der Waals surface area contributed by atoms with Gasteiger partial charge in [0.05, 0.1) is 24.6 Å². The highest BCUT2D eigenvalue weighted by molar-refractivity contribution is 9.10. The maximum Gasteiger partial charge on any atom is 0.303 e. The van der Waals surface area contributed by atoms with Crippen molar-refractivity contribution in [2.24, 2.45) is 0 Å². The van der Waals surface area contributed by atoms with Crippen LogP contribution >= 0.6 is 27.3 Å². The minimum absolute atomic E-state index is 0.0437. The Morgan fingerprint density at radius 1 is 1.32 bits per heavy atom. The number of benzene rings is 1. The molecule has 2 aliphatic heterocycles. The molecule has 7 nitrogen and oxygen atoms in total. The first-order chi connectivity index (χ1) is 17.7. The normalized spacial score (nSPS) is 31.5. The number of amides is 1. The molecule has 3 heterocycles. The van der Waals surface area contributed by atoms with Crippen molar-refractivity contribution in [3.05, 3.63) is 50.1 Å². The second kappa shape index (κ2) is 8.85. The Hall–Kier alpha value is -2.36. The Morgan fingerprint density at radius 3 is 2.84 bits per heavy atom. The molecule has 2 fully saturated rings. The molecule has 4 aliphatic rings. The number of esters is 1. The van der Waals surface area contributed by atoms with E-state index in [1.54, 1.807) is 24.5 Å². The first-order valence-corrected chi connectivity index (χ1v) is 14.3. The second-order valence-electron chi connectivity index (χ2n) is 10.6. The molecule has 1 saturated heterocycles. The summed E-state index contributed by atoms with van der Waals surface area (Å²) in [6, 6.07) is 5.97. The van der Waals surface area contributed by atoms with E-state index in [2.05, 4.69) is 33.9 Å². The van der Waals surface area contributed by atoms with Crippen molar-refractivity contribution >= 4 is 45.2 Å². The van der Waals surface area contributed by atoms with Crippen LogP contribution in [0.3, 0.4) is 0 Å². The zero-order chi connectivity index (χ0) is 26.1. The van der Waals surface area contributed by atoms with E-state index in [1.165, 1.54) is 12.5 Å². The van der Waals surface area contributed by atoms with Gasteiger partial charge in [-0.3, -0.25) is 14.5 Å². The van der Waals surface area contributed by atoms with E-state index in [0.717, 1.165) is 40.0 Å². The maximum absolute atomic E-state index is 13.4. The highest BCUT2D eigenvalue weighted by Gasteiger charge is 2.75. The zero-order valence-electron chi connectivity index (χ0n) is 21.5. The summed E-state index contributed by atoms with van der Waals surface area (Å²) in [6.45, 7) is 2.37. The molecule has 5 atom stereocenters. The summed E-state index contributed by atoms with van der Waals surface area (Å²) in [5.41, 5.74) is 1.07. The number of thiophene rings is 1. The molecule has 37 heavy (non-hydrogen) atoms. The lowest BCUT2D eigenvalue weighted by molar-refractivity contribution is -0.220. The number of hydrogen-bond donors (Lipinski definition) is 0. The number of methoxy groups -OCH3 is 1. The highest BCUT2D eigenvalue weighted by Crippen LogP contribution is 2.67. The van der Waals surface area contributed by atoms with Crippen LogP contribution in [0.1, 0.15) is 42.2 Å². The van der Waals surface area contributed by atoms with E-state index in [0.29, 0.717) is 18.6 Å². The van der Waals surface area contributed by atoms with E-state index >= 15 is 0 Å². The van der Waals surface area contributed by atoms with E-state index < -0.39 is 11.0 Å². The van der Waals surface area contributed by atoms with Crippen molar-refractivity contribution in [1.82, 2.24) is 9.80 Å². The molecule has 0 unspecified atom stereocenters. The Bertz CT molecular complexity index is 1310. The Labute approximate surface area is 229 Å². The highest BCUT2D eigenvalue weighted by atomic mass is 79.9. The van der Waals surface area contributed by atoms with Crippen LogP contribution in [0.15, 0.2) is 34.1 Å². The molecule has 0 radical (unpaired) electrons. The van der Waals surface area contributed by atoms with Crippen molar-refractivity contribution in [3.8, 4) is 11.5 Å². The Balaban J connectivity index is 1.45. The van der Waals surface area contributed by atoms with E-state index in [9.17, 15) is 9.59 Å². The third-order valence-corrected chi connectivity index (χ3v) is 10.7. The van der Waals surface area contributed by atoms with Gasteiger partial charge < -0.3 is 19.1 Å². The maximum atomic E-state index is 13.4. The number of carbonyl (C=O) groups is 2. The molecule has 1 amide bonds. The first-order valence-electron chi connectivity index (χ1n) is 12.7. The van der Waals surface area contributed by atoms with Crippen molar-refractivity contribution in [2.75, 3.05) is 27.7 Å². The predicted molar refractivity (Wildman–Crippen MR) is 145 cm³/mol. The number of halogens is 1. The van der Waals surface area contributed by atoms with Crippen molar-refractivity contribution in [2.45, 2.75) is 61.8 Å². The topological polar surface area (TPSA) is 68.3 Å². The Morgan fingerprint density at radius 2 is 2.14 bits per heavy atom. The quantitative estimate of drug-likeness (QED) is 0.382. The molecule has 2 bridgehead atoms. The fourth-order valence-electron chi connectivity index (χ4n) is 7.56. The van der Waals surface area contributed by atoms with Gasteiger partial charge in [-0.15, -0.1) is 11.3 Å². The smallest absolute Gasteiger partial charge is 0.303 e. The number of rotatable bonds is 5. The van der Waals surface area contributed by atoms with Crippen molar-refractivity contribution < 1.29 is 23.8 Å². The van der Waals surface area contributed by atoms with E-state index in [-0.39, 0.29) is 30.1 Å². The fourth-order valence-corrected chi connectivity index (χ4v) is 8.89. The average molecular weight is 588 g/mol. The second-order valence-corrected chi connectivity index (χ2v) is 12.5. The van der Waals surface area contributed by atoms with Crippen LogP contribution in [0.4, 0.5) is 0 Å². The van der Waals surface area contributed by atoms with Crippen LogP contribution < -0.4 is 9.47 Å². The third-order valence-electron chi connectivity index (χ3n) is 9.01. The van der Waals surface area contributed by atoms with Gasteiger partial charge >= 0.3 is 5.97 Å². The molecular weight excluding hydrogens is 556 g/mol. The van der Waals surface area contributed by atoms with E-state index in [1.807, 2.05) is 35.5 Å². The lowest BCUT2D eigenvalue weighted by atomic mass is 9.48. The number of hydrogen-bond acceptors (Lipinski definition) is 7. The predicted octanol–water partition coefficient (Wildman–Crippen LogP) is 4.41. The summed E-state index contributed by atoms with van der Waals surface area (Å²) in [6.07, 6.45) is 6.06. The van der Waals surface area contributed by atoms with Gasteiger partial charge in [-0.05, 0) is 79.0 Å². The molecule has 1 saturated carbocycles. The summed E-state index contributed by atoms with van der Waals surface area (Å²) < 4.78 is 20.0. The van der Waals surface area contributed by atoms with E-state index in [4.69, 9.17) is 14.2 Å². The van der Waals surface area contributed by atoms with Gasteiger partial charge in [-0.1, -0.05) is 6.07 Å². The van der Waals surface area contributed by atoms with Gasteiger partial charge in [-0.25, -0.2) is 0 Å². The number of likely N-dealkylation sites (N-methyl/N-ethyl adjacent to an activating group) is 2. The SMILES string of the molecule is COc1ccc2c3c1O[C@H]1[C@H](N(C)C(=O)/C=C/c4cc(Br)cs4)CC[C@@]4(OC(C)=O)[C@@H](C2)N(C)CC[C@]314. The van der Waals surface area contributed by atoms with Crippen molar-refractivity contribution in [3.63, 3.8) is 0 Å². The Kier molecular flexibility index (Phi) is 5.97. The van der Waals surface area contributed by atoms with Gasteiger partial charge in [0, 0.05) is 40.3 Å². The molecule has 9 heteroatoms. The van der Waals surface area contributed by atoms with Gasteiger partial charge in [0.2, 0.25) is 5.91 Å². The number of carbonyl (C=O) groups excluding carboxylic acids is 2. The molecule has 0 N–H and O–H groups in total. The van der Waals surface area contributed by atoms with Gasteiger partial charge in [-0.2, -0.15) is 0 Å². The molecule has 1 spiro atoms. The monoisotopic (exact) mass is 586 g/mol. The van der Waals surface area contributed by atoms with Crippen LogP contribution in [0, 0.1) is 0 Å². The standard InChI is InChI=1S/C28H31BrN2O5S/c1-16(32)36-28-10-9-20(31(3)23(33)8-6-19-14-18(29)15-37-19)26-27(28)11-12-30(2)22(28)13-17-5-7-21(34-4)25(35-26)24(17)27/h5-8,14-15,20,22,26H,9-13H2,1-4H3/b8-6+/t20-,22-,26+,27+,28-/m1/s1. The minimum Gasteiger partial charge on any atom is -0.493 e. The largest absolute Gasteiger partial charge is 0.493 e. The number of likely N-dealkylation sites (tertiary alicyclic amines) is 1. The zero-order valence-corrected chi connectivity index (χ0v) is 23.9. The van der Waals surface area contributed by atoms with Crippen molar-refractivity contribution in [1.29, 1.82) is 0 Å². The summed E-state index contributed by atoms with van der Waals surface area (Å²) >= 11 is 5.05. The molecule has 2 aromatic rings. The minimum atomic E-state index is -0.722. The molecule has 6 rings (SSSR count). The van der Waals surface area contributed by atoms with Crippen LogP contribution in [-0.2, 0) is 26.2 Å². The van der Waals surface area contributed by atoms with Gasteiger partial charge in [0.25, 0.3) is 0 Å². The first kappa shape index (κ1) is 24.9. The van der Waals surface area contributed by atoms with Crippen LogP contribution in [0.2, 0.25) is 0 Å². The fraction of sp³-hybridized carbons (Fsp3) is 0.500. The summed E-state index contributed by atoms with van der Waals surface area (Å²) in [5, 5.41) is 2.00. The average Bonchev–Trinajstić information content (AvgIpc) is 3.44. The molecule has 1 aromatic carbocycles. The van der Waals surface area contributed by atoms with Crippen LogP contribution in [0.25, 0.3) is 6.08 Å². The van der Waals surface area contributed by atoms with Crippen LogP contribution in [-0.4, -0.2) is 73.2 Å².